The van der Waals surface area contributed by atoms with E-state index in [0.29, 0.717) is 17.1 Å². The van der Waals surface area contributed by atoms with Crippen LogP contribution in [0.4, 0.5) is 4.39 Å². The minimum Gasteiger partial charge on any atom is -0.497 e. The molecular formula is C17H15FO3. The lowest BCUT2D eigenvalue weighted by atomic mass is 10.1. The van der Waals surface area contributed by atoms with Crippen LogP contribution in [-0.2, 0) is 0 Å². The molecule has 0 spiro atoms. The first-order chi connectivity index (χ1) is 10.1. The fraction of sp³-hybridized carbons (Fsp3) is 0.118. The summed E-state index contributed by atoms with van der Waals surface area (Å²) in [7, 11) is 3.12. The van der Waals surface area contributed by atoms with Gasteiger partial charge in [0.25, 0.3) is 0 Å². The summed E-state index contributed by atoms with van der Waals surface area (Å²) in [4.78, 5) is 12.0. The van der Waals surface area contributed by atoms with E-state index >= 15 is 0 Å². The van der Waals surface area contributed by atoms with Crippen molar-refractivity contribution in [2.24, 2.45) is 0 Å². The standard InChI is InChI=1S/C17H15FO3/c1-20-15-9-5-13(17(11-15)21-2)6-10-16(19)12-3-7-14(18)8-4-12/h3-11H,1-2H3/b10-6-. The van der Waals surface area contributed by atoms with Crippen LogP contribution in [0.1, 0.15) is 15.9 Å². The Labute approximate surface area is 122 Å². The quantitative estimate of drug-likeness (QED) is 0.620. The average molecular weight is 286 g/mol. The zero-order valence-electron chi connectivity index (χ0n) is 11.8. The number of rotatable bonds is 5. The summed E-state index contributed by atoms with van der Waals surface area (Å²) in [5.41, 5.74) is 1.19. The molecule has 0 aliphatic rings. The number of halogens is 1. The van der Waals surface area contributed by atoms with Gasteiger partial charge in [-0.3, -0.25) is 4.79 Å². The van der Waals surface area contributed by atoms with Crippen molar-refractivity contribution in [1.29, 1.82) is 0 Å². The van der Waals surface area contributed by atoms with Crippen molar-refractivity contribution >= 4 is 11.9 Å². The largest absolute Gasteiger partial charge is 0.497 e. The monoisotopic (exact) mass is 286 g/mol. The highest BCUT2D eigenvalue weighted by Gasteiger charge is 2.05. The number of benzene rings is 2. The number of hydrogen-bond acceptors (Lipinski definition) is 3. The Hall–Kier alpha value is -2.62. The molecule has 2 aromatic rings. The Morgan fingerprint density at radius 3 is 2.38 bits per heavy atom. The summed E-state index contributed by atoms with van der Waals surface area (Å²) in [6, 6.07) is 10.7. The fourth-order valence-electron chi connectivity index (χ4n) is 1.83. The van der Waals surface area contributed by atoms with Crippen molar-refractivity contribution in [3.8, 4) is 11.5 Å². The molecule has 0 aliphatic carbocycles. The highest BCUT2D eigenvalue weighted by atomic mass is 19.1. The smallest absolute Gasteiger partial charge is 0.185 e. The molecule has 0 amide bonds. The number of carbonyl (C=O) groups is 1. The van der Waals surface area contributed by atoms with Gasteiger partial charge in [-0.2, -0.15) is 0 Å². The highest BCUT2D eigenvalue weighted by molar-refractivity contribution is 6.06. The first-order valence-corrected chi connectivity index (χ1v) is 6.34. The second-order valence-electron chi connectivity index (χ2n) is 4.31. The molecule has 0 aromatic heterocycles. The van der Waals surface area contributed by atoms with Crippen molar-refractivity contribution in [2.75, 3.05) is 14.2 Å². The molecule has 0 N–H and O–H groups in total. The zero-order chi connectivity index (χ0) is 15.2. The van der Waals surface area contributed by atoms with Crippen LogP contribution in [0.15, 0.2) is 48.5 Å². The van der Waals surface area contributed by atoms with Gasteiger partial charge in [0.05, 0.1) is 14.2 Å². The van der Waals surface area contributed by atoms with Crippen molar-refractivity contribution in [2.45, 2.75) is 0 Å². The van der Waals surface area contributed by atoms with E-state index in [1.807, 2.05) is 0 Å². The predicted molar refractivity (Wildman–Crippen MR) is 79.3 cm³/mol. The molecule has 0 aliphatic heterocycles. The van der Waals surface area contributed by atoms with Gasteiger partial charge >= 0.3 is 0 Å². The zero-order valence-corrected chi connectivity index (χ0v) is 11.8. The van der Waals surface area contributed by atoms with E-state index < -0.39 is 0 Å². The topological polar surface area (TPSA) is 35.5 Å². The molecule has 0 saturated carbocycles. The number of allylic oxidation sites excluding steroid dienone is 1. The maximum absolute atomic E-state index is 12.8. The molecular weight excluding hydrogens is 271 g/mol. The number of methoxy groups -OCH3 is 2. The Bertz CT molecular complexity index is 660. The summed E-state index contributed by atoms with van der Waals surface area (Å²) in [6.07, 6.45) is 3.08. The summed E-state index contributed by atoms with van der Waals surface area (Å²) < 4.78 is 23.2. The first-order valence-electron chi connectivity index (χ1n) is 6.34. The lowest BCUT2D eigenvalue weighted by Crippen LogP contribution is -1.94. The Kier molecular flexibility index (Phi) is 4.72. The second kappa shape index (κ2) is 6.70. The summed E-state index contributed by atoms with van der Waals surface area (Å²) >= 11 is 0. The maximum atomic E-state index is 12.8. The lowest BCUT2D eigenvalue weighted by Gasteiger charge is -2.07. The molecule has 0 unspecified atom stereocenters. The van der Waals surface area contributed by atoms with Crippen molar-refractivity contribution in [3.63, 3.8) is 0 Å². The summed E-state index contributed by atoms with van der Waals surface area (Å²) in [6.45, 7) is 0. The van der Waals surface area contributed by atoms with Crippen LogP contribution in [0, 0.1) is 5.82 Å². The van der Waals surface area contributed by atoms with Gasteiger partial charge in [-0.15, -0.1) is 0 Å². The molecule has 0 radical (unpaired) electrons. The number of ketones is 1. The molecule has 0 atom stereocenters. The molecule has 0 heterocycles. The average Bonchev–Trinajstić information content (AvgIpc) is 2.53. The van der Waals surface area contributed by atoms with E-state index in [1.54, 1.807) is 38.5 Å². The molecule has 2 aromatic carbocycles. The van der Waals surface area contributed by atoms with Gasteiger partial charge in [0.15, 0.2) is 5.78 Å². The molecule has 0 saturated heterocycles. The van der Waals surface area contributed by atoms with Crippen molar-refractivity contribution < 1.29 is 18.7 Å². The Morgan fingerprint density at radius 2 is 1.76 bits per heavy atom. The van der Waals surface area contributed by atoms with Crippen LogP contribution in [-0.4, -0.2) is 20.0 Å². The van der Waals surface area contributed by atoms with E-state index in [-0.39, 0.29) is 11.6 Å². The van der Waals surface area contributed by atoms with E-state index in [9.17, 15) is 9.18 Å². The van der Waals surface area contributed by atoms with Crippen LogP contribution in [0.25, 0.3) is 6.08 Å². The predicted octanol–water partition coefficient (Wildman–Crippen LogP) is 3.74. The van der Waals surface area contributed by atoms with Gasteiger partial charge < -0.3 is 9.47 Å². The van der Waals surface area contributed by atoms with Gasteiger partial charge in [0, 0.05) is 17.2 Å². The third-order valence-electron chi connectivity index (χ3n) is 2.98. The van der Waals surface area contributed by atoms with Crippen molar-refractivity contribution in [1.82, 2.24) is 0 Å². The fourth-order valence-corrected chi connectivity index (χ4v) is 1.83. The van der Waals surface area contributed by atoms with Crippen LogP contribution < -0.4 is 9.47 Å². The van der Waals surface area contributed by atoms with Crippen LogP contribution in [0.5, 0.6) is 11.5 Å². The Morgan fingerprint density at radius 1 is 1.05 bits per heavy atom. The van der Waals surface area contributed by atoms with Gasteiger partial charge in [0.1, 0.15) is 17.3 Å². The molecule has 108 valence electrons. The molecule has 21 heavy (non-hydrogen) atoms. The summed E-state index contributed by atoms with van der Waals surface area (Å²) in [5, 5.41) is 0. The third kappa shape index (κ3) is 3.69. The minimum atomic E-state index is -0.368. The SMILES string of the molecule is COc1ccc(/C=C\C(=O)c2ccc(F)cc2)c(OC)c1. The Balaban J connectivity index is 2.20. The third-order valence-corrected chi connectivity index (χ3v) is 2.98. The van der Waals surface area contributed by atoms with E-state index in [4.69, 9.17) is 9.47 Å². The highest BCUT2D eigenvalue weighted by Crippen LogP contribution is 2.25. The maximum Gasteiger partial charge on any atom is 0.185 e. The second-order valence-corrected chi connectivity index (χ2v) is 4.31. The molecule has 0 bridgehead atoms. The normalized spacial score (nSPS) is 10.6. The molecule has 2 rings (SSSR count). The van der Waals surface area contributed by atoms with E-state index in [0.717, 1.165) is 5.56 Å². The van der Waals surface area contributed by atoms with Crippen molar-refractivity contribution in [3.05, 3.63) is 65.5 Å². The van der Waals surface area contributed by atoms with Gasteiger partial charge in [-0.1, -0.05) is 0 Å². The number of carbonyl (C=O) groups excluding carboxylic acids is 1. The first kappa shape index (κ1) is 14.8. The molecule has 0 fully saturated rings. The van der Waals surface area contributed by atoms with Gasteiger partial charge in [-0.25, -0.2) is 4.39 Å². The van der Waals surface area contributed by atoms with Crippen LogP contribution in [0.3, 0.4) is 0 Å². The molecule has 4 heteroatoms. The summed E-state index contributed by atoms with van der Waals surface area (Å²) in [5.74, 6) is 0.714. The number of hydrogen-bond donors (Lipinski definition) is 0. The van der Waals surface area contributed by atoms with E-state index in [2.05, 4.69) is 0 Å². The molecule has 3 nitrogen and oxygen atoms in total. The van der Waals surface area contributed by atoms with Crippen LogP contribution >= 0.6 is 0 Å². The lowest BCUT2D eigenvalue weighted by molar-refractivity contribution is 0.104. The van der Waals surface area contributed by atoms with E-state index in [1.165, 1.54) is 30.3 Å². The van der Waals surface area contributed by atoms with Gasteiger partial charge in [0.2, 0.25) is 0 Å². The van der Waals surface area contributed by atoms with Crippen LogP contribution in [0.2, 0.25) is 0 Å². The number of ether oxygens (including phenoxy) is 2. The van der Waals surface area contributed by atoms with Gasteiger partial charge in [-0.05, 0) is 48.6 Å². The minimum absolute atomic E-state index is 0.201.